The van der Waals surface area contributed by atoms with Crippen LogP contribution in [0.5, 0.6) is 0 Å². The summed E-state index contributed by atoms with van der Waals surface area (Å²) in [5, 5.41) is 11.6. The van der Waals surface area contributed by atoms with Crippen LogP contribution in [0.15, 0.2) is 5.51 Å². The van der Waals surface area contributed by atoms with Crippen LogP contribution in [0.4, 0.5) is 0 Å². The van der Waals surface area contributed by atoms with Gasteiger partial charge in [-0.25, -0.2) is 4.98 Å². The molecule has 0 saturated carbocycles. The van der Waals surface area contributed by atoms with E-state index in [9.17, 15) is 4.79 Å². The van der Waals surface area contributed by atoms with Crippen molar-refractivity contribution in [2.75, 3.05) is 6.54 Å². The lowest BCUT2D eigenvalue weighted by Gasteiger charge is -2.04. The molecule has 1 amide bonds. The predicted octanol–water partition coefficient (Wildman–Crippen LogP) is 0.907. The first-order chi connectivity index (χ1) is 6.11. The summed E-state index contributed by atoms with van der Waals surface area (Å²) in [5.74, 6) is -0.298. The van der Waals surface area contributed by atoms with Crippen LogP contribution >= 0.6 is 22.9 Å². The third-order valence-electron chi connectivity index (χ3n) is 1.29. The molecule has 0 aliphatic carbocycles. The molecule has 0 unspecified atom stereocenters. The second-order valence-electron chi connectivity index (χ2n) is 2.53. The van der Waals surface area contributed by atoms with Crippen molar-refractivity contribution >= 4 is 28.8 Å². The molecular weight excluding hydrogens is 212 g/mol. The first kappa shape index (κ1) is 10.4. The molecule has 13 heavy (non-hydrogen) atoms. The lowest BCUT2D eigenvalue weighted by atomic mass is 10.4. The van der Waals surface area contributed by atoms with E-state index in [1.165, 1.54) is 16.8 Å². The Morgan fingerprint density at radius 1 is 1.92 bits per heavy atom. The summed E-state index contributed by atoms with van der Waals surface area (Å²) in [4.78, 5) is 15.4. The molecule has 1 rings (SSSR count). The molecule has 1 aromatic heterocycles. The summed E-state index contributed by atoms with van der Waals surface area (Å²) in [6, 6.07) is 0. The van der Waals surface area contributed by atoms with Crippen LogP contribution in [0.3, 0.4) is 0 Å². The maximum Gasteiger partial charge on any atom is 0.264 e. The molecule has 1 atom stereocenters. The number of amides is 1. The first-order valence-electron chi connectivity index (χ1n) is 3.66. The fourth-order valence-electron chi connectivity index (χ4n) is 0.700. The Labute approximate surface area is 84.6 Å². The SMILES string of the molecule is C[C@H](O)CNC(=O)c1scnc1Cl. The molecule has 0 saturated heterocycles. The molecule has 1 aromatic rings. The number of aliphatic hydroxyl groups excluding tert-OH is 1. The average molecular weight is 221 g/mol. The van der Waals surface area contributed by atoms with E-state index < -0.39 is 6.10 Å². The quantitative estimate of drug-likeness (QED) is 0.796. The third kappa shape index (κ3) is 2.95. The van der Waals surface area contributed by atoms with Gasteiger partial charge < -0.3 is 10.4 Å². The van der Waals surface area contributed by atoms with Gasteiger partial charge in [0, 0.05) is 6.54 Å². The number of thiazole rings is 1. The maximum absolute atomic E-state index is 11.3. The largest absolute Gasteiger partial charge is 0.392 e. The highest BCUT2D eigenvalue weighted by Gasteiger charge is 2.12. The smallest absolute Gasteiger partial charge is 0.264 e. The van der Waals surface area contributed by atoms with Gasteiger partial charge >= 0.3 is 0 Å². The van der Waals surface area contributed by atoms with Crippen LogP contribution in [-0.2, 0) is 0 Å². The van der Waals surface area contributed by atoms with E-state index in [0.29, 0.717) is 4.88 Å². The summed E-state index contributed by atoms with van der Waals surface area (Å²) in [6.45, 7) is 1.81. The number of aromatic nitrogens is 1. The van der Waals surface area contributed by atoms with Crippen molar-refractivity contribution in [2.45, 2.75) is 13.0 Å². The number of hydrogen-bond acceptors (Lipinski definition) is 4. The molecule has 0 bridgehead atoms. The van der Waals surface area contributed by atoms with Crippen LogP contribution in [0, 0.1) is 0 Å². The first-order valence-corrected chi connectivity index (χ1v) is 4.92. The van der Waals surface area contributed by atoms with Gasteiger partial charge in [0.25, 0.3) is 5.91 Å². The van der Waals surface area contributed by atoms with Gasteiger partial charge in [-0.3, -0.25) is 4.79 Å². The fraction of sp³-hybridized carbons (Fsp3) is 0.429. The van der Waals surface area contributed by atoms with Crippen LogP contribution < -0.4 is 5.32 Å². The van der Waals surface area contributed by atoms with E-state index in [2.05, 4.69) is 10.3 Å². The normalized spacial score (nSPS) is 12.5. The summed E-state index contributed by atoms with van der Waals surface area (Å²) >= 11 is 6.80. The number of hydrogen-bond donors (Lipinski definition) is 2. The highest BCUT2D eigenvalue weighted by Crippen LogP contribution is 2.17. The molecule has 4 nitrogen and oxygen atoms in total. The van der Waals surface area contributed by atoms with E-state index in [0.717, 1.165) is 0 Å². The topological polar surface area (TPSA) is 62.2 Å². The van der Waals surface area contributed by atoms with Gasteiger partial charge in [-0.2, -0.15) is 0 Å². The van der Waals surface area contributed by atoms with Crippen molar-refractivity contribution in [3.63, 3.8) is 0 Å². The van der Waals surface area contributed by atoms with Crippen molar-refractivity contribution in [1.82, 2.24) is 10.3 Å². The van der Waals surface area contributed by atoms with Crippen molar-refractivity contribution in [3.8, 4) is 0 Å². The van der Waals surface area contributed by atoms with Gasteiger partial charge in [0.1, 0.15) is 4.88 Å². The zero-order valence-corrected chi connectivity index (χ0v) is 8.52. The fourth-order valence-corrected chi connectivity index (χ4v) is 1.62. The number of aliphatic hydroxyl groups is 1. The molecule has 6 heteroatoms. The summed E-state index contributed by atoms with van der Waals surface area (Å²) in [6.07, 6.45) is -0.560. The zero-order valence-electron chi connectivity index (χ0n) is 6.95. The van der Waals surface area contributed by atoms with Gasteiger partial charge in [-0.15, -0.1) is 11.3 Å². The van der Waals surface area contributed by atoms with Crippen molar-refractivity contribution in [1.29, 1.82) is 0 Å². The minimum absolute atomic E-state index is 0.202. The van der Waals surface area contributed by atoms with E-state index in [4.69, 9.17) is 16.7 Å². The highest BCUT2D eigenvalue weighted by atomic mass is 35.5. The molecule has 0 radical (unpaired) electrons. The lowest BCUT2D eigenvalue weighted by Crippen LogP contribution is -2.30. The average Bonchev–Trinajstić information content (AvgIpc) is 2.47. The Hall–Kier alpha value is -0.650. The molecule has 0 fully saturated rings. The molecule has 0 spiro atoms. The van der Waals surface area contributed by atoms with Gasteiger partial charge in [0.05, 0.1) is 11.6 Å². The Kier molecular flexibility index (Phi) is 3.65. The lowest BCUT2D eigenvalue weighted by molar-refractivity contribution is 0.0928. The van der Waals surface area contributed by atoms with Crippen molar-refractivity contribution in [3.05, 3.63) is 15.5 Å². The number of carbonyl (C=O) groups is 1. The number of nitrogens with one attached hydrogen (secondary N) is 1. The van der Waals surface area contributed by atoms with Crippen molar-refractivity contribution < 1.29 is 9.90 Å². The van der Waals surface area contributed by atoms with Gasteiger partial charge in [0.2, 0.25) is 0 Å². The van der Waals surface area contributed by atoms with Crippen molar-refractivity contribution in [2.24, 2.45) is 0 Å². The predicted molar refractivity (Wildman–Crippen MR) is 51.1 cm³/mol. The maximum atomic E-state index is 11.3. The molecule has 0 aromatic carbocycles. The zero-order chi connectivity index (χ0) is 9.84. The summed E-state index contributed by atoms with van der Waals surface area (Å²) < 4.78 is 0. The minimum Gasteiger partial charge on any atom is -0.392 e. The van der Waals surface area contributed by atoms with E-state index in [-0.39, 0.29) is 17.6 Å². The summed E-state index contributed by atoms with van der Waals surface area (Å²) in [7, 11) is 0. The Balaban J connectivity index is 2.54. The molecule has 2 N–H and O–H groups in total. The number of rotatable bonds is 3. The van der Waals surface area contributed by atoms with E-state index in [1.54, 1.807) is 6.92 Å². The number of carbonyl (C=O) groups excluding carboxylic acids is 1. The second-order valence-corrected chi connectivity index (χ2v) is 3.74. The molecule has 0 aliphatic heterocycles. The van der Waals surface area contributed by atoms with E-state index >= 15 is 0 Å². The van der Waals surface area contributed by atoms with Gasteiger partial charge in [-0.1, -0.05) is 11.6 Å². The number of halogens is 1. The third-order valence-corrected chi connectivity index (χ3v) is 2.51. The Morgan fingerprint density at radius 2 is 2.62 bits per heavy atom. The highest BCUT2D eigenvalue weighted by molar-refractivity contribution is 7.12. The molecule has 1 heterocycles. The van der Waals surface area contributed by atoms with Gasteiger partial charge in [-0.05, 0) is 6.92 Å². The standard InChI is InChI=1S/C7H9ClN2O2S/c1-4(11)2-9-7(12)5-6(8)10-3-13-5/h3-4,11H,2H2,1H3,(H,9,12)/t4-/m0/s1. The van der Waals surface area contributed by atoms with Crippen LogP contribution in [0.1, 0.15) is 16.6 Å². The molecule has 72 valence electrons. The van der Waals surface area contributed by atoms with Crippen LogP contribution in [0.25, 0.3) is 0 Å². The Morgan fingerprint density at radius 3 is 3.08 bits per heavy atom. The van der Waals surface area contributed by atoms with Crippen LogP contribution in [-0.4, -0.2) is 28.6 Å². The second kappa shape index (κ2) is 4.55. The van der Waals surface area contributed by atoms with Crippen LogP contribution in [0.2, 0.25) is 5.15 Å². The molecular formula is C7H9ClN2O2S. The number of nitrogens with zero attached hydrogens (tertiary/aromatic N) is 1. The van der Waals surface area contributed by atoms with Gasteiger partial charge in [0.15, 0.2) is 5.15 Å². The monoisotopic (exact) mass is 220 g/mol. The minimum atomic E-state index is -0.560. The van der Waals surface area contributed by atoms with E-state index in [1.807, 2.05) is 0 Å². The summed E-state index contributed by atoms with van der Waals surface area (Å²) in [5.41, 5.74) is 1.50. The molecule has 0 aliphatic rings. The Bertz CT molecular complexity index is 300.